The summed E-state index contributed by atoms with van der Waals surface area (Å²) in [7, 11) is 0. The van der Waals surface area contributed by atoms with Crippen molar-refractivity contribution < 1.29 is 0 Å². The van der Waals surface area contributed by atoms with Gasteiger partial charge in [-0.1, -0.05) is 145 Å². The molecule has 2 nitrogen and oxygen atoms in total. The van der Waals surface area contributed by atoms with E-state index in [0.29, 0.717) is 0 Å². The second-order valence-corrected chi connectivity index (χ2v) is 11.3. The highest BCUT2D eigenvalue weighted by molar-refractivity contribution is 6.21. The highest BCUT2D eigenvalue weighted by Crippen LogP contribution is 2.44. The Bertz CT molecular complexity index is 2190. The van der Waals surface area contributed by atoms with Crippen LogP contribution >= 0.6 is 0 Å². The fourth-order valence-corrected chi connectivity index (χ4v) is 6.12. The van der Waals surface area contributed by atoms with Gasteiger partial charge in [-0.25, -0.2) is 0 Å². The molecule has 0 aromatic heterocycles. The van der Waals surface area contributed by atoms with Crippen molar-refractivity contribution in [1.29, 1.82) is 0 Å². The summed E-state index contributed by atoms with van der Waals surface area (Å²) >= 11 is 0. The number of rotatable bonds is 4. The van der Waals surface area contributed by atoms with Crippen molar-refractivity contribution in [3.05, 3.63) is 175 Å². The van der Waals surface area contributed by atoms with Crippen LogP contribution in [0.15, 0.2) is 170 Å². The molecule has 0 heterocycles. The van der Waals surface area contributed by atoms with Gasteiger partial charge >= 0.3 is 0 Å². The Labute approximate surface area is 264 Å². The lowest BCUT2D eigenvalue weighted by molar-refractivity contribution is 1.48. The molecule has 0 fully saturated rings. The standard InChI is InChI=1S/C36H26N2.C7H8/c37-33-15-7-8-16-34(33)38-28-21-19-25(20-22-28)35-29-11-3-5-13-31(29)36(32-14-6-4-12-30(32)35)27-18-17-24-9-1-2-10-26(24)23-27;1-7-5-3-2-4-6-7/h1-23,38H,37H2;2-6H,1H3. The van der Waals surface area contributed by atoms with Crippen LogP contribution in [-0.2, 0) is 0 Å². The van der Waals surface area contributed by atoms with Gasteiger partial charge in [-0.2, -0.15) is 0 Å². The molecule has 0 atom stereocenters. The summed E-state index contributed by atoms with van der Waals surface area (Å²) < 4.78 is 0. The van der Waals surface area contributed by atoms with E-state index < -0.39 is 0 Å². The Balaban J connectivity index is 0.000000412. The summed E-state index contributed by atoms with van der Waals surface area (Å²) in [5, 5.41) is 11.0. The SMILES string of the molecule is Cc1ccccc1.Nc1ccccc1Nc1ccc(-c2c3ccccc3c(-c3ccc4ccccc4c3)c3ccccc23)cc1. The summed E-state index contributed by atoms with van der Waals surface area (Å²) in [4.78, 5) is 0. The second kappa shape index (κ2) is 12.4. The van der Waals surface area contributed by atoms with Crippen molar-refractivity contribution in [2.24, 2.45) is 0 Å². The maximum Gasteiger partial charge on any atom is 0.0617 e. The largest absolute Gasteiger partial charge is 0.397 e. The van der Waals surface area contributed by atoms with Crippen LogP contribution < -0.4 is 11.1 Å². The van der Waals surface area contributed by atoms with Gasteiger partial charge in [0, 0.05) is 5.69 Å². The molecular formula is C43H34N2. The van der Waals surface area contributed by atoms with Crippen molar-refractivity contribution in [2.45, 2.75) is 6.92 Å². The summed E-state index contributed by atoms with van der Waals surface area (Å²) in [5.41, 5.74) is 15.1. The lowest BCUT2D eigenvalue weighted by Gasteiger charge is -2.18. The number of benzene rings is 8. The van der Waals surface area contributed by atoms with Crippen LogP contribution in [0.5, 0.6) is 0 Å². The summed E-state index contributed by atoms with van der Waals surface area (Å²) in [6.07, 6.45) is 0. The molecule has 0 unspecified atom stereocenters. The Morgan fingerprint density at radius 1 is 0.422 bits per heavy atom. The van der Waals surface area contributed by atoms with Gasteiger partial charge in [0.05, 0.1) is 11.4 Å². The summed E-state index contributed by atoms with van der Waals surface area (Å²) in [6, 6.07) is 59.7. The highest BCUT2D eigenvalue weighted by atomic mass is 14.9. The maximum atomic E-state index is 6.14. The fraction of sp³-hybridized carbons (Fsp3) is 0.0233. The number of aryl methyl sites for hydroxylation is 1. The Hall–Kier alpha value is -5.86. The van der Waals surface area contributed by atoms with Gasteiger partial charge in [0.1, 0.15) is 0 Å². The third-order valence-corrected chi connectivity index (χ3v) is 8.32. The molecule has 3 N–H and O–H groups in total. The molecule has 216 valence electrons. The van der Waals surface area contributed by atoms with Gasteiger partial charge in [0.25, 0.3) is 0 Å². The average Bonchev–Trinajstić information content (AvgIpc) is 3.09. The minimum atomic E-state index is 0.734. The fourth-order valence-electron chi connectivity index (χ4n) is 6.12. The zero-order valence-corrected chi connectivity index (χ0v) is 25.2. The second-order valence-electron chi connectivity index (χ2n) is 11.3. The van der Waals surface area contributed by atoms with Crippen LogP contribution in [0.4, 0.5) is 17.1 Å². The summed E-state index contributed by atoms with van der Waals surface area (Å²) in [5.74, 6) is 0. The first-order chi connectivity index (χ1) is 22.2. The minimum absolute atomic E-state index is 0.734. The predicted molar refractivity (Wildman–Crippen MR) is 195 cm³/mol. The van der Waals surface area contributed by atoms with Crippen LogP contribution in [0, 0.1) is 6.92 Å². The van der Waals surface area contributed by atoms with Crippen molar-refractivity contribution in [2.75, 3.05) is 11.1 Å². The van der Waals surface area contributed by atoms with Crippen LogP contribution in [-0.4, -0.2) is 0 Å². The smallest absolute Gasteiger partial charge is 0.0617 e. The highest BCUT2D eigenvalue weighted by Gasteiger charge is 2.16. The average molecular weight is 579 g/mol. The van der Waals surface area contributed by atoms with Gasteiger partial charge < -0.3 is 11.1 Å². The van der Waals surface area contributed by atoms with E-state index in [9.17, 15) is 0 Å². The van der Waals surface area contributed by atoms with E-state index in [-0.39, 0.29) is 0 Å². The van der Waals surface area contributed by atoms with Gasteiger partial charge in [0.15, 0.2) is 0 Å². The molecule has 8 aromatic carbocycles. The molecule has 0 radical (unpaired) electrons. The number of hydrogen-bond donors (Lipinski definition) is 2. The van der Waals surface area contributed by atoms with Gasteiger partial charge in [-0.15, -0.1) is 0 Å². The first kappa shape index (κ1) is 27.9. The first-order valence-electron chi connectivity index (χ1n) is 15.3. The lowest BCUT2D eigenvalue weighted by Crippen LogP contribution is -1.95. The van der Waals surface area contributed by atoms with Crippen LogP contribution in [0.1, 0.15) is 5.56 Å². The molecule has 8 rings (SSSR count). The molecular weight excluding hydrogens is 544 g/mol. The molecule has 0 saturated carbocycles. The van der Waals surface area contributed by atoms with Crippen molar-refractivity contribution >= 4 is 49.4 Å². The van der Waals surface area contributed by atoms with Gasteiger partial charge in [-0.3, -0.25) is 0 Å². The quantitative estimate of drug-likeness (QED) is 0.161. The zero-order valence-electron chi connectivity index (χ0n) is 25.2. The number of hydrogen-bond acceptors (Lipinski definition) is 2. The monoisotopic (exact) mass is 578 g/mol. The third kappa shape index (κ3) is 5.74. The van der Waals surface area contributed by atoms with E-state index in [1.54, 1.807) is 0 Å². The van der Waals surface area contributed by atoms with Crippen LogP contribution in [0.3, 0.4) is 0 Å². The lowest BCUT2D eigenvalue weighted by atomic mass is 9.85. The minimum Gasteiger partial charge on any atom is -0.397 e. The molecule has 0 bridgehead atoms. The molecule has 0 aliphatic rings. The zero-order chi connectivity index (χ0) is 30.6. The van der Waals surface area contributed by atoms with Crippen LogP contribution in [0.2, 0.25) is 0 Å². The topological polar surface area (TPSA) is 38.0 Å². The number of para-hydroxylation sites is 2. The normalized spacial score (nSPS) is 10.9. The molecule has 0 aliphatic carbocycles. The Morgan fingerprint density at radius 2 is 0.911 bits per heavy atom. The van der Waals surface area contributed by atoms with E-state index in [1.807, 2.05) is 42.5 Å². The third-order valence-electron chi connectivity index (χ3n) is 8.32. The maximum absolute atomic E-state index is 6.14. The molecule has 2 heteroatoms. The van der Waals surface area contributed by atoms with E-state index in [4.69, 9.17) is 5.73 Å². The number of nitrogen functional groups attached to an aromatic ring is 1. The molecule has 0 spiro atoms. The summed E-state index contributed by atoms with van der Waals surface area (Å²) in [6.45, 7) is 2.08. The van der Waals surface area contributed by atoms with Crippen molar-refractivity contribution in [3.8, 4) is 22.3 Å². The molecule has 45 heavy (non-hydrogen) atoms. The van der Waals surface area contributed by atoms with E-state index in [0.717, 1.165) is 17.1 Å². The number of nitrogens with two attached hydrogens (primary N) is 1. The van der Waals surface area contributed by atoms with Gasteiger partial charge in [0.2, 0.25) is 0 Å². The van der Waals surface area contributed by atoms with E-state index in [1.165, 1.54) is 60.1 Å². The Morgan fingerprint density at radius 3 is 1.49 bits per heavy atom. The van der Waals surface area contributed by atoms with Crippen molar-refractivity contribution in [1.82, 2.24) is 0 Å². The van der Waals surface area contributed by atoms with Gasteiger partial charge in [-0.05, 0) is 91.8 Å². The molecule has 0 saturated heterocycles. The first-order valence-corrected chi connectivity index (χ1v) is 15.3. The van der Waals surface area contributed by atoms with E-state index >= 15 is 0 Å². The van der Waals surface area contributed by atoms with E-state index in [2.05, 4.69) is 140 Å². The molecule has 0 amide bonds. The Kier molecular flexibility index (Phi) is 7.70. The number of anilines is 3. The predicted octanol–water partition coefficient (Wildman–Crippen LogP) is 11.8. The number of fused-ring (bicyclic) bond motifs is 3. The molecule has 8 aromatic rings. The van der Waals surface area contributed by atoms with Crippen molar-refractivity contribution in [3.63, 3.8) is 0 Å². The number of nitrogens with one attached hydrogen (secondary N) is 1. The van der Waals surface area contributed by atoms with Crippen LogP contribution in [0.25, 0.3) is 54.6 Å². The molecule has 0 aliphatic heterocycles.